The maximum absolute atomic E-state index is 13.0. The van der Waals surface area contributed by atoms with E-state index >= 15 is 0 Å². The first-order valence-electron chi connectivity index (χ1n) is 11.5. The van der Waals surface area contributed by atoms with Gasteiger partial charge in [-0.3, -0.25) is 14.5 Å². The Kier molecular flexibility index (Phi) is 6.15. The number of nitrogens with zero attached hydrogens (tertiary/aromatic N) is 2. The van der Waals surface area contributed by atoms with Crippen LogP contribution in [0.2, 0.25) is 0 Å². The van der Waals surface area contributed by atoms with Gasteiger partial charge in [0.1, 0.15) is 18.4 Å². The predicted octanol–water partition coefficient (Wildman–Crippen LogP) is 2.85. The van der Waals surface area contributed by atoms with Crippen molar-refractivity contribution < 1.29 is 19.1 Å². The molecule has 3 aliphatic heterocycles. The molecule has 2 saturated heterocycles. The van der Waals surface area contributed by atoms with E-state index in [2.05, 4.69) is 41.1 Å². The van der Waals surface area contributed by atoms with Gasteiger partial charge < -0.3 is 19.7 Å². The number of piperidine rings is 1. The molecule has 172 valence electrons. The summed E-state index contributed by atoms with van der Waals surface area (Å²) in [5, 5.41) is 2.78. The lowest BCUT2D eigenvalue weighted by atomic mass is 10.0. The minimum atomic E-state index is -0.470. The summed E-state index contributed by atoms with van der Waals surface area (Å²) in [6, 6.07) is 13.5. The molecule has 2 fully saturated rings. The molecule has 1 atom stereocenters. The monoisotopic (exact) mass is 447 g/mol. The van der Waals surface area contributed by atoms with Gasteiger partial charge >= 0.3 is 0 Å². The quantitative estimate of drug-likeness (QED) is 0.738. The first-order chi connectivity index (χ1) is 16.1. The molecule has 0 unspecified atom stereocenters. The van der Waals surface area contributed by atoms with E-state index in [9.17, 15) is 9.59 Å². The third kappa shape index (κ3) is 4.65. The fourth-order valence-corrected chi connectivity index (χ4v) is 4.69. The standard InChI is InChI=1S/C26H29N3O4/c1-18-5-10-23(25(30)27-18)29-16-22-21(26(29)31)3-2-4-24(22)33-17-20-8-6-19(7-9-20)15-28-11-13-32-14-12-28/h2-4,6-9,23H,1,5,10-17H2,(H,27,30)/t23-/m0/s1. The Morgan fingerprint density at radius 2 is 1.82 bits per heavy atom. The number of hydrogen-bond acceptors (Lipinski definition) is 5. The van der Waals surface area contributed by atoms with Crippen LogP contribution in [0.3, 0.4) is 0 Å². The van der Waals surface area contributed by atoms with Crippen LogP contribution < -0.4 is 10.1 Å². The lowest BCUT2D eigenvalue weighted by Gasteiger charge is -2.31. The molecular weight excluding hydrogens is 418 g/mol. The van der Waals surface area contributed by atoms with Crippen LogP contribution in [0, 0.1) is 0 Å². The van der Waals surface area contributed by atoms with Gasteiger partial charge in [-0.05, 0) is 36.1 Å². The molecule has 0 saturated carbocycles. The van der Waals surface area contributed by atoms with Gasteiger partial charge in [-0.1, -0.05) is 36.9 Å². The van der Waals surface area contributed by atoms with Crippen molar-refractivity contribution in [2.45, 2.75) is 38.6 Å². The van der Waals surface area contributed by atoms with Gasteiger partial charge in [-0.25, -0.2) is 0 Å². The SMILES string of the molecule is C=C1CC[C@H](N2Cc3c(OCc4ccc(CN5CCOCC5)cc4)cccc3C2=O)C(=O)N1. The van der Waals surface area contributed by atoms with Gasteiger partial charge in [0, 0.05) is 36.5 Å². The second-order valence-corrected chi connectivity index (χ2v) is 8.86. The van der Waals surface area contributed by atoms with Gasteiger partial charge in [0.2, 0.25) is 5.91 Å². The lowest BCUT2D eigenvalue weighted by molar-refractivity contribution is -0.126. The number of hydrogen-bond donors (Lipinski definition) is 1. The van der Waals surface area contributed by atoms with Gasteiger partial charge in [0.05, 0.1) is 19.8 Å². The van der Waals surface area contributed by atoms with Gasteiger partial charge in [0.25, 0.3) is 5.91 Å². The zero-order valence-electron chi connectivity index (χ0n) is 18.7. The molecule has 1 N–H and O–H groups in total. The highest BCUT2D eigenvalue weighted by atomic mass is 16.5. The first-order valence-corrected chi connectivity index (χ1v) is 11.5. The summed E-state index contributed by atoms with van der Waals surface area (Å²) in [6.45, 7) is 9.09. The number of allylic oxidation sites excluding steroid dienone is 1. The van der Waals surface area contributed by atoms with Crippen LogP contribution in [0.15, 0.2) is 54.7 Å². The Labute approximate surface area is 194 Å². The lowest BCUT2D eigenvalue weighted by Crippen LogP contribution is -2.49. The predicted molar refractivity (Wildman–Crippen MR) is 123 cm³/mol. The van der Waals surface area contributed by atoms with E-state index in [1.54, 1.807) is 4.90 Å². The van der Waals surface area contributed by atoms with Gasteiger partial charge in [-0.2, -0.15) is 0 Å². The smallest absolute Gasteiger partial charge is 0.255 e. The van der Waals surface area contributed by atoms with Crippen LogP contribution in [-0.4, -0.2) is 54.0 Å². The van der Waals surface area contributed by atoms with Crippen LogP contribution in [0.25, 0.3) is 0 Å². The van der Waals surface area contributed by atoms with Crippen molar-refractivity contribution >= 4 is 11.8 Å². The van der Waals surface area contributed by atoms with E-state index < -0.39 is 6.04 Å². The molecule has 0 aliphatic carbocycles. The van der Waals surface area contributed by atoms with Crippen molar-refractivity contribution in [1.82, 2.24) is 15.1 Å². The van der Waals surface area contributed by atoms with Crippen molar-refractivity contribution in [3.8, 4) is 5.75 Å². The summed E-state index contributed by atoms with van der Waals surface area (Å²) in [7, 11) is 0. The fourth-order valence-electron chi connectivity index (χ4n) is 4.69. The van der Waals surface area contributed by atoms with Crippen LogP contribution in [-0.2, 0) is 29.2 Å². The minimum Gasteiger partial charge on any atom is -0.489 e. The number of carbonyl (C=O) groups excluding carboxylic acids is 2. The van der Waals surface area contributed by atoms with E-state index in [0.717, 1.165) is 44.0 Å². The summed E-state index contributed by atoms with van der Waals surface area (Å²) in [5.41, 5.74) is 4.52. The fraction of sp³-hybridized carbons (Fsp3) is 0.385. The topological polar surface area (TPSA) is 71.1 Å². The Morgan fingerprint density at radius 1 is 1.06 bits per heavy atom. The summed E-state index contributed by atoms with van der Waals surface area (Å²) < 4.78 is 11.5. The number of rotatable bonds is 6. The molecular formula is C26H29N3O4. The van der Waals surface area contributed by atoms with Crippen LogP contribution >= 0.6 is 0 Å². The molecule has 5 rings (SSSR count). The molecule has 7 heteroatoms. The maximum atomic E-state index is 13.0. The minimum absolute atomic E-state index is 0.115. The normalized spacial score (nSPS) is 21.2. The number of ether oxygens (including phenoxy) is 2. The van der Waals surface area contributed by atoms with Crippen molar-refractivity contribution in [2.24, 2.45) is 0 Å². The Balaban J connectivity index is 1.23. The maximum Gasteiger partial charge on any atom is 0.255 e. The zero-order chi connectivity index (χ0) is 22.8. The molecule has 0 spiro atoms. The van der Waals surface area contributed by atoms with Crippen molar-refractivity contribution in [3.05, 3.63) is 77.0 Å². The molecule has 2 aromatic rings. The van der Waals surface area contributed by atoms with Gasteiger partial charge in [0.15, 0.2) is 0 Å². The number of benzene rings is 2. The third-order valence-electron chi connectivity index (χ3n) is 6.58. The number of nitrogens with one attached hydrogen (secondary N) is 1. The van der Waals surface area contributed by atoms with E-state index in [-0.39, 0.29) is 11.8 Å². The summed E-state index contributed by atoms with van der Waals surface area (Å²) in [6.07, 6.45) is 1.28. The molecule has 2 aromatic carbocycles. The summed E-state index contributed by atoms with van der Waals surface area (Å²) in [5.74, 6) is 0.420. The highest BCUT2D eigenvalue weighted by Crippen LogP contribution is 2.34. The highest BCUT2D eigenvalue weighted by molar-refractivity contribution is 6.02. The Hall–Kier alpha value is -3.16. The van der Waals surface area contributed by atoms with E-state index in [4.69, 9.17) is 9.47 Å². The van der Waals surface area contributed by atoms with Gasteiger partial charge in [-0.15, -0.1) is 0 Å². The number of amides is 2. The van der Waals surface area contributed by atoms with E-state index in [1.807, 2.05) is 18.2 Å². The third-order valence-corrected chi connectivity index (χ3v) is 6.58. The Morgan fingerprint density at radius 3 is 2.58 bits per heavy atom. The van der Waals surface area contributed by atoms with Crippen LogP contribution in [0.5, 0.6) is 5.75 Å². The molecule has 2 amide bonds. The first kappa shape index (κ1) is 21.7. The molecule has 7 nitrogen and oxygen atoms in total. The number of carbonyl (C=O) groups is 2. The molecule has 33 heavy (non-hydrogen) atoms. The largest absolute Gasteiger partial charge is 0.489 e. The molecule has 3 heterocycles. The van der Waals surface area contributed by atoms with E-state index in [1.165, 1.54) is 5.56 Å². The second kappa shape index (κ2) is 9.37. The average molecular weight is 448 g/mol. The van der Waals surface area contributed by atoms with Crippen molar-refractivity contribution in [2.75, 3.05) is 26.3 Å². The van der Waals surface area contributed by atoms with Crippen molar-refractivity contribution in [3.63, 3.8) is 0 Å². The van der Waals surface area contributed by atoms with Crippen LogP contribution in [0.1, 0.15) is 39.9 Å². The van der Waals surface area contributed by atoms with Crippen molar-refractivity contribution in [1.29, 1.82) is 0 Å². The number of fused-ring (bicyclic) bond motifs is 1. The average Bonchev–Trinajstić information content (AvgIpc) is 3.16. The molecule has 0 radical (unpaired) electrons. The zero-order valence-corrected chi connectivity index (χ0v) is 18.7. The van der Waals surface area contributed by atoms with Crippen LogP contribution in [0.4, 0.5) is 0 Å². The summed E-state index contributed by atoms with van der Waals surface area (Å²) in [4.78, 5) is 29.5. The number of morpholine rings is 1. The highest BCUT2D eigenvalue weighted by Gasteiger charge is 2.39. The molecule has 0 bridgehead atoms. The Bertz CT molecular complexity index is 1060. The molecule has 0 aromatic heterocycles. The second-order valence-electron chi connectivity index (χ2n) is 8.86. The summed E-state index contributed by atoms with van der Waals surface area (Å²) >= 11 is 0. The van der Waals surface area contributed by atoms with E-state index in [0.29, 0.717) is 43.0 Å². The molecule has 3 aliphatic rings.